The van der Waals surface area contributed by atoms with Gasteiger partial charge < -0.3 is 28.9 Å². The number of aromatic nitrogens is 2. The third-order valence-electron chi connectivity index (χ3n) is 8.90. The number of methoxy groups -OCH3 is 3. The van der Waals surface area contributed by atoms with Crippen molar-refractivity contribution in [1.82, 2.24) is 14.9 Å². The van der Waals surface area contributed by atoms with E-state index < -0.39 is 26.7 Å². The monoisotopic (exact) mass is 653 g/mol. The first-order valence-corrected chi connectivity index (χ1v) is 18.5. The molecule has 46 heavy (non-hydrogen) atoms. The number of carbonyl (C=O) groups is 2. The summed E-state index contributed by atoms with van der Waals surface area (Å²) in [5.41, 5.74) is 3.10. The molecule has 1 fully saturated rings. The number of nitriles is 1. The van der Waals surface area contributed by atoms with Gasteiger partial charge in [-0.05, 0) is 54.6 Å². The van der Waals surface area contributed by atoms with E-state index in [0.717, 1.165) is 24.0 Å². The quantitative estimate of drug-likeness (QED) is 0.186. The van der Waals surface area contributed by atoms with E-state index in [4.69, 9.17) is 23.6 Å². The van der Waals surface area contributed by atoms with Gasteiger partial charge in [-0.3, -0.25) is 15.0 Å². The number of carbonyl (C=O) groups excluding carboxylic acids is 2. The summed E-state index contributed by atoms with van der Waals surface area (Å²) < 4.78 is 22.8. The van der Waals surface area contributed by atoms with Crippen molar-refractivity contribution in [2.45, 2.75) is 77.1 Å². The second kappa shape index (κ2) is 14.9. The van der Waals surface area contributed by atoms with Crippen LogP contribution in [0.1, 0.15) is 62.3 Å². The molecule has 4 heterocycles. The molecule has 2 aliphatic heterocycles. The summed E-state index contributed by atoms with van der Waals surface area (Å²) in [7, 11) is 2.53. The third kappa shape index (κ3) is 7.84. The number of aryl methyl sites for hydroxylation is 1. The molecule has 3 amide bonds. The molecule has 2 aromatic rings. The second-order valence-electron chi connectivity index (χ2n) is 13.1. The Hall–Kier alpha value is -3.61. The number of urea groups is 1. The van der Waals surface area contributed by atoms with Crippen LogP contribution >= 0.6 is 0 Å². The zero-order valence-corrected chi connectivity index (χ0v) is 29.2. The minimum atomic E-state index is -2.13. The molecule has 0 aromatic carbocycles. The van der Waals surface area contributed by atoms with Crippen LogP contribution in [0.15, 0.2) is 18.3 Å². The molecule has 250 valence electrons. The molecule has 1 atom stereocenters. The number of hydrogen-bond donors (Lipinski definition) is 2. The number of rotatable bonds is 12. The summed E-state index contributed by atoms with van der Waals surface area (Å²) in [6.45, 7) is 13.1. The molecule has 0 aliphatic carbocycles. The van der Waals surface area contributed by atoms with E-state index in [0.29, 0.717) is 67.8 Å². The molecule has 2 aromatic heterocycles. The number of ether oxygens (including phenoxy) is 3. The number of amides is 3. The van der Waals surface area contributed by atoms with Gasteiger partial charge in [0.25, 0.3) is 5.91 Å². The predicted octanol–water partition coefficient (Wildman–Crippen LogP) is 4.81. The Kier molecular flexibility index (Phi) is 11.4. The maximum absolute atomic E-state index is 13.6. The van der Waals surface area contributed by atoms with Gasteiger partial charge in [0, 0.05) is 59.8 Å². The van der Waals surface area contributed by atoms with Gasteiger partial charge in [-0.15, -0.1) is 0 Å². The Morgan fingerprint density at radius 3 is 2.59 bits per heavy atom. The number of pyridine rings is 2. The van der Waals surface area contributed by atoms with Gasteiger partial charge in [0.05, 0.1) is 17.9 Å². The predicted molar refractivity (Wildman–Crippen MR) is 177 cm³/mol. The van der Waals surface area contributed by atoms with E-state index in [9.17, 15) is 14.9 Å². The molecule has 0 radical (unpaired) electrons. The average Bonchev–Trinajstić information content (AvgIpc) is 3.34. The van der Waals surface area contributed by atoms with Crippen molar-refractivity contribution in [3.63, 3.8) is 0 Å². The molecule has 0 saturated carbocycles. The highest BCUT2D eigenvalue weighted by molar-refractivity contribution is 6.74. The van der Waals surface area contributed by atoms with Crippen LogP contribution < -0.4 is 15.5 Å². The van der Waals surface area contributed by atoms with Crippen molar-refractivity contribution >= 4 is 37.6 Å². The van der Waals surface area contributed by atoms with E-state index in [-0.39, 0.29) is 10.9 Å². The van der Waals surface area contributed by atoms with Crippen LogP contribution in [0, 0.1) is 11.3 Å². The van der Waals surface area contributed by atoms with Crippen LogP contribution in [0.25, 0.3) is 0 Å². The van der Waals surface area contributed by atoms with Gasteiger partial charge in [0.15, 0.2) is 8.32 Å². The molecule has 0 bridgehead atoms. The highest BCUT2D eigenvalue weighted by atomic mass is 28.4. The molecule has 13 nitrogen and oxygen atoms in total. The van der Waals surface area contributed by atoms with E-state index in [1.807, 2.05) is 11.0 Å². The lowest BCUT2D eigenvalue weighted by atomic mass is 10.0. The maximum atomic E-state index is 13.6. The minimum Gasteiger partial charge on any atom is -0.405 e. The van der Waals surface area contributed by atoms with Crippen LogP contribution in [0.2, 0.25) is 18.1 Å². The topological polar surface area (TPSA) is 151 Å². The SMILES string of the molecule is COCCNc1cc(NC(=O)N2CCCc3cc(CN4CCC(O[Si](C)(C)C(C)(C)C)C4=O)c(C(OC)OC)nc32)ncc1C#N. The van der Waals surface area contributed by atoms with Crippen LogP contribution in [0.5, 0.6) is 0 Å². The smallest absolute Gasteiger partial charge is 0.328 e. The standard InChI is InChI=1S/C32H47N7O6Si/c1-32(2,3)46(7,8)45-25-11-14-38(29(25)40)20-22-16-21-10-9-13-39(28(21)37-27(22)30(43-5)44-6)31(41)36-26-17-24(34-12-15-42-4)23(18-33)19-35-26/h16-17,19,25,30H,9-15,20H2,1-8H3,(H2,34,35,36,41). The Morgan fingerprint density at radius 2 is 1.93 bits per heavy atom. The Morgan fingerprint density at radius 1 is 1.20 bits per heavy atom. The third-order valence-corrected chi connectivity index (χ3v) is 13.4. The molecule has 14 heteroatoms. The van der Waals surface area contributed by atoms with E-state index in [2.05, 4.69) is 55.6 Å². The molecule has 2 N–H and O–H groups in total. The number of nitrogens with one attached hydrogen (secondary N) is 2. The van der Waals surface area contributed by atoms with Crippen molar-refractivity contribution in [2.24, 2.45) is 0 Å². The fourth-order valence-electron chi connectivity index (χ4n) is 5.34. The lowest BCUT2D eigenvalue weighted by Gasteiger charge is -2.37. The first-order valence-electron chi connectivity index (χ1n) is 15.6. The van der Waals surface area contributed by atoms with Gasteiger partial charge in [-0.25, -0.2) is 14.8 Å². The molecule has 1 unspecified atom stereocenters. The van der Waals surface area contributed by atoms with Crippen molar-refractivity contribution < 1.29 is 28.2 Å². The maximum Gasteiger partial charge on any atom is 0.328 e. The van der Waals surface area contributed by atoms with Gasteiger partial charge in [-0.1, -0.05) is 20.8 Å². The Balaban J connectivity index is 1.58. The fraction of sp³-hybridized carbons (Fsp3) is 0.594. The number of hydrogen-bond acceptors (Lipinski definition) is 10. The summed E-state index contributed by atoms with van der Waals surface area (Å²) >= 11 is 0. The van der Waals surface area contributed by atoms with E-state index in [1.165, 1.54) is 20.4 Å². The summed E-state index contributed by atoms with van der Waals surface area (Å²) in [6.07, 6.45) is 2.25. The summed E-state index contributed by atoms with van der Waals surface area (Å²) in [5, 5.41) is 15.5. The van der Waals surface area contributed by atoms with Crippen molar-refractivity contribution in [1.29, 1.82) is 5.26 Å². The lowest BCUT2D eigenvalue weighted by molar-refractivity contribution is -0.134. The summed E-state index contributed by atoms with van der Waals surface area (Å²) in [4.78, 5) is 39.7. The lowest BCUT2D eigenvalue weighted by Crippen LogP contribution is -2.46. The Bertz CT molecular complexity index is 1450. The van der Waals surface area contributed by atoms with E-state index in [1.54, 1.807) is 18.1 Å². The van der Waals surface area contributed by atoms with Crippen molar-refractivity contribution in [3.05, 3.63) is 40.7 Å². The fourth-order valence-corrected chi connectivity index (χ4v) is 6.63. The zero-order chi connectivity index (χ0) is 33.6. The molecular weight excluding hydrogens is 606 g/mol. The highest BCUT2D eigenvalue weighted by Crippen LogP contribution is 2.39. The van der Waals surface area contributed by atoms with Gasteiger partial charge in [-0.2, -0.15) is 5.26 Å². The van der Waals surface area contributed by atoms with Gasteiger partial charge in [0.2, 0.25) is 6.29 Å². The first kappa shape index (κ1) is 35.2. The largest absolute Gasteiger partial charge is 0.405 e. The second-order valence-corrected chi connectivity index (χ2v) is 17.8. The minimum absolute atomic E-state index is 0.00199. The van der Waals surface area contributed by atoms with Crippen LogP contribution in [-0.4, -0.2) is 88.8 Å². The Labute approximate surface area is 272 Å². The first-order chi connectivity index (χ1) is 21.8. The number of nitrogens with zero attached hydrogens (tertiary/aromatic N) is 5. The normalized spacial score (nSPS) is 16.9. The van der Waals surface area contributed by atoms with Crippen LogP contribution in [-0.2, 0) is 36.4 Å². The molecule has 0 spiro atoms. The molecular formula is C32H47N7O6Si. The molecule has 2 aliphatic rings. The van der Waals surface area contributed by atoms with Gasteiger partial charge in [0.1, 0.15) is 29.5 Å². The molecule has 1 saturated heterocycles. The average molecular weight is 654 g/mol. The molecule has 4 rings (SSSR count). The van der Waals surface area contributed by atoms with Crippen molar-refractivity contribution in [2.75, 3.05) is 63.1 Å². The summed E-state index contributed by atoms with van der Waals surface area (Å²) in [6, 6.07) is 5.34. The highest BCUT2D eigenvalue weighted by Gasteiger charge is 2.43. The number of likely N-dealkylation sites (tertiary alicyclic amines) is 1. The van der Waals surface area contributed by atoms with Crippen molar-refractivity contribution in [3.8, 4) is 6.07 Å². The van der Waals surface area contributed by atoms with Crippen LogP contribution in [0.4, 0.5) is 22.1 Å². The number of fused-ring (bicyclic) bond motifs is 1. The zero-order valence-electron chi connectivity index (χ0n) is 28.2. The summed E-state index contributed by atoms with van der Waals surface area (Å²) in [5.74, 6) is 0.772. The number of anilines is 3. The van der Waals surface area contributed by atoms with E-state index >= 15 is 0 Å². The van der Waals surface area contributed by atoms with Gasteiger partial charge >= 0.3 is 6.03 Å². The van der Waals surface area contributed by atoms with Crippen LogP contribution in [0.3, 0.4) is 0 Å².